The van der Waals surface area contributed by atoms with E-state index in [1.54, 1.807) is 12.1 Å². The second kappa shape index (κ2) is 5.62. The maximum atomic E-state index is 12.4. The molecule has 1 aromatic carbocycles. The summed E-state index contributed by atoms with van der Waals surface area (Å²) < 4.78 is 28.2. The summed E-state index contributed by atoms with van der Waals surface area (Å²) in [4.78, 5) is 0. The third-order valence-electron chi connectivity index (χ3n) is 2.65. The number of amidine groups is 1. The number of rotatable bonds is 4. The maximum Gasteiger partial charge on any atom is 0.280 e. The van der Waals surface area contributed by atoms with Gasteiger partial charge in [-0.1, -0.05) is 28.9 Å². The van der Waals surface area contributed by atoms with Crippen LogP contribution in [0, 0.1) is 0 Å². The Kier molecular flexibility index (Phi) is 4.05. The average molecular weight is 330 g/mol. The summed E-state index contributed by atoms with van der Waals surface area (Å²) in [5.74, 6) is -0.218. The molecule has 10 heteroatoms. The monoisotopic (exact) mass is 329 g/mol. The van der Waals surface area contributed by atoms with E-state index in [2.05, 4.69) is 15.0 Å². The molecular formula is C11H12ClN5O3S. The van der Waals surface area contributed by atoms with Crippen LogP contribution in [0.25, 0.3) is 0 Å². The van der Waals surface area contributed by atoms with E-state index in [0.29, 0.717) is 0 Å². The van der Waals surface area contributed by atoms with Gasteiger partial charge in [0.2, 0.25) is 0 Å². The zero-order valence-electron chi connectivity index (χ0n) is 10.9. The second-order valence-electron chi connectivity index (χ2n) is 4.06. The SMILES string of the molecule is Cn1ncc(Cl)c1S(=O)(=O)Nc1ccccc1/C(N)=N/O. The van der Waals surface area contributed by atoms with E-state index in [1.807, 2.05) is 0 Å². The smallest absolute Gasteiger partial charge is 0.280 e. The Morgan fingerprint density at radius 3 is 2.71 bits per heavy atom. The van der Waals surface area contributed by atoms with Crippen molar-refractivity contribution in [1.82, 2.24) is 9.78 Å². The number of oxime groups is 1. The van der Waals surface area contributed by atoms with Crippen molar-refractivity contribution in [3.05, 3.63) is 41.0 Å². The highest BCUT2D eigenvalue weighted by atomic mass is 35.5. The van der Waals surface area contributed by atoms with Crippen molar-refractivity contribution in [2.75, 3.05) is 4.72 Å². The number of aryl methyl sites for hydroxylation is 1. The Balaban J connectivity index is 2.48. The molecule has 0 fully saturated rings. The number of hydrogen-bond acceptors (Lipinski definition) is 5. The molecule has 0 aliphatic carbocycles. The van der Waals surface area contributed by atoms with E-state index in [0.717, 1.165) is 4.68 Å². The molecule has 0 unspecified atom stereocenters. The van der Waals surface area contributed by atoms with Gasteiger partial charge in [0.1, 0.15) is 0 Å². The summed E-state index contributed by atoms with van der Waals surface area (Å²) in [6.45, 7) is 0. The summed E-state index contributed by atoms with van der Waals surface area (Å²) in [5, 5.41) is 15.2. The fourth-order valence-electron chi connectivity index (χ4n) is 1.74. The number of hydrogen-bond donors (Lipinski definition) is 3. The van der Waals surface area contributed by atoms with E-state index >= 15 is 0 Å². The summed E-state index contributed by atoms with van der Waals surface area (Å²) >= 11 is 5.83. The van der Waals surface area contributed by atoms with E-state index in [4.69, 9.17) is 22.5 Å². The molecule has 112 valence electrons. The number of sulfonamides is 1. The third-order valence-corrected chi connectivity index (χ3v) is 4.52. The van der Waals surface area contributed by atoms with Crippen LogP contribution in [0.3, 0.4) is 0 Å². The zero-order valence-corrected chi connectivity index (χ0v) is 12.4. The lowest BCUT2D eigenvalue weighted by Gasteiger charge is -2.12. The van der Waals surface area contributed by atoms with Crippen LogP contribution in [0.15, 0.2) is 40.6 Å². The molecule has 1 heterocycles. The van der Waals surface area contributed by atoms with Gasteiger partial charge in [0.25, 0.3) is 10.0 Å². The minimum absolute atomic E-state index is 0.00808. The summed E-state index contributed by atoms with van der Waals surface area (Å²) in [5.41, 5.74) is 5.91. The average Bonchev–Trinajstić information content (AvgIpc) is 2.78. The molecule has 0 bridgehead atoms. The van der Waals surface area contributed by atoms with Crippen LogP contribution in [-0.4, -0.2) is 29.2 Å². The molecular weight excluding hydrogens is 318 g/mol. The third kappa shape index (κ3) is 2.93. The predicted molar refractivity (Wildman–Crippen MR) is 78.0 cm³/mol. The highest BCUT2D eigenvalue weighted by molar-refractivity contribution is 7.92. The highest BCUT2D eigenvalue weighted by Gasteiger charge is 2.24. The van der Waals surface area contributed by atoms with Crippen LogP contribution in [0.2, 0.25) is 5.02 Å². The van der Waals surface area contributed by atoms with E-state index < -0.39 is 10.0 Å². The first kappa shape index (κ1) is 15.1. The molecule has 21 heavy (non-hydrogen) atoms. The van der Waals surface area contributed by atoms with Crippen molar-refractivity contribution < 1.29 is 13.6 Å². The molecule has 0 aliphatic rings. The first-order valence-electron chi connectivity index (χ1n) is 5.64. The topological polar surface area (TPSA) is 123 Å². The number of anilines is 1. The Morgan fingerprint density at radius 2 is 2.14 bits per heavy atom. The van der Waals surface area contributed by atoms with Crippen molar-refractivity contribution in [2.45, 2.75) is 5.03 Å². The van der Waals surface area contributed by atoms with Gasteiger partial charge in [0.05, 0.1) is 16.9 Å². The normalized spacial score (nSPS) is 12.4. The summed E-state index contributed by atoms with van der Waals surface area (Å²) in [6, 6.07) is 6.23. The Labute approximate surface area is 125 Å². The minimum atomic E-state index is -3.97. The maximum absolute atomic E-state index is 12.4. The van der Waals surface area contributed by atoms with Crippen molar-refractivity contribution in [1.29, 1.82) is 0 Å². The van der Waals surface area contributed by atoms with Gasteiger partial charge >= 0.3 is 0 Å². The largest absolute Gasteiger partial charge is 0.409 e. The van der Waals surface area contributed by atoms with Crippen molar-refractivity contribution in [3.63, 3.8) is 0 Å². The molecule has 2 rings (SSSR count). The van der Waals surface area contributed by atoms with Crippen molar-refractivity contribution in [2.24, 2.45) is 17.9 Å². The van der Waals surface area contributed by atoms with Gasteiger partial charge in [-0.05, 0) is 12.1 Å². The summed E-state index contributed by atoms with van der Waals surface area (Å²) in [7, 11) is -2.51. The second-order valence-corrected chi connectivity index (χ2v) is 6.06. The van der Waals surface area contributed by atoms with Crippen molar-refractivity contribution >= 4 is 33.1 Å². The lowest BCUT2D eigenvalue weighted by atomic mass is 10.2. The van der Waals surface area contributed by atoms with E-state index in [-0.39, 0.29) is 27.1 Å². The molecule has 0 saturated heterocycles. The molecule has 0 radical (unpaired) electrons. The van der Waals surface area contributed by atoms with E-state index in [9.17, 15) is 8.42 Å². The van der Waals surface area contributed by atoms with E-state index in [1.165, 1.54) is 25.4 Å². The number of aromatic nitrogens is 2. The highest BCUT2D eigenvalue weighted by Crippen LogP contribution is 2.24. The van der Waals surface area contributed by atoms with Crippen LogP contribution < -0.4 is 10.5 Å². The van der Waals surface area contributed by atoms with Gasteiger partial charge in [0, 0.05) is 12.6 Å². The molecule has 0 aliphatic heterocycles. The van der Waals surface area contributed by atoms with Crippen LogP contribution in [0.1, 0.15) is 5.56 Å². The number of nitrogens with two attached hydrogens (primary N) is 1. The quantitative estimate of drug-likeness (QED) is 0.334. The number of para-hydroxylation sites is 1. The van der Waals surface area contributed by atoms with Gasteiger partial charge in [-0.3, -0.25) is 9.40 Å². The molecule has 0 atom stereocenters. The fourth-order valence-corrected chi connectivity index (χ4v) is 3.48. The van der Waals surface area contributed by atoms with Crippen LogP contribution in [-0.2, 0) is 17.1 Å². The van der Waals surface area contributed by atoms with Gasteiger partial charge in [-0.25, -0.2) is 0 Å². The number of nitrogens with one attached hydrogen (secondary N) is 1. The molecule has 0 spiro atoms. The van der Waals surface area contributed by atoms with Gasteiger partial charge in [0.15, 0.2) is 10.9 Å². The predicted octanol–water partition coefficient (Wildman–Crippen LogP) is 0.969. The molecule has 0 saturated carbocycles. The standard InChI is InChI=1S/C11H12ClN5O3S/c1-17-11(8(12)6-14-17)21(19,20)16-9-5-3-2-4-7(9)10(13)15-18/h2-6,16,18H,1H3,(H2,13,15). The Morgan fingerprint density at radius 1 is 1.48 bits per heavy atom. The van der Waals surface area contributed by atoms with Crippen LogP contribution in [0.5, 0.6) is 0 Å². The summed E-state index contributed by atoms with van der Waals surface area (Å²) in [6.07, 6.45) is 1.23. The fraction of sp³-hybridized carbons (Fsp3) is 0.0909. The Bertz CT molecular complexity index is 780. The molecule has 4 N–H and O–H groups in total. The Hall–Kier alpha value is -2.26. The number of halogens is 1. The van der Waals surface area contributed by atoms with Gasteiger partial charge in [-0.2, -0.15) is 13.5 Å². The first-order chi connectivity index (χ1) is 9.86. The van der Waals surface area contributed by atoms with Gasteiger partial charge in [-0.15, -0.1) is 0 Å². The molecule has 2 aromatic rings. The van der Waals surface area contributed by atoms with Crippen LogP contribution in [0.4, 0.5) is 5.69 Å². The van der Waals surface area contributed by atoms with Crippen LogP contribution >= 0.6 is 11.6 Å². The van der Waals surface area contributed by atoms with Gasteiger partial charge < -0.3 is 10.9 Å². The lowest BCUT2D eigenvalue weighted by Crippen LogP contribution is -2.21. The molecule has 0 amide bonds. The molecule has 8 nitrogen and oxygen atoms in total. The first-order valence-corrected chi connectivity index (χ1v) is 7.50. The van der Waals surface area contributed by atoms with Crippen molar-refractivity contribution in [3.8, 4) is 0 Å². The zero-order chi connectivity index (χ0) is 15.6. The number of benzene rings is 1. The number of nitrogens with zero attached hydrogens (tertiary/aromatic N) is 3. The molecule has 1 aromatic heterocycles. The lowest BCUT2D eigenvalue weighted by molar-refractivity contribution is 0.318. The minimum Gasteiger partial charge on any atom is -0.409 e.